The summed E-state index contributed by atoms with van der Waals surface area (Å²) in [6.45, 7) is 7.02. The quantitative estimate of drug-likeness (QED) is 0.409. The lowest BCUT2D eigenvalue weighted by atomic mass is 10.2. The molecule has 1 atom stereocenters. The number of nitrogens with zero attached hydrogens (tertiary/aromatic N) is 2. The smallest absolute Gasteiger partial charge is 0.191 e. The van der Waals surface area contributed by atoms with Crippen LogP contribution in [0.4, 0.5) is 0 Å². The molecule has 1 heterocycles. The van der Waals surface area contributed by atoms with E-state index in [4.69, 9.17) is 16.3 Å². The van der Waals surface area contributed by atoms with Crippen LogP contribution in [0.25, 0.3) is 0 Å². The molecule has 7 heteroatoms. The zero-order valence-electron chi connectivity index (χ0n) is 13.7. The van der Waals surface area contributed by atoms with Gasteiger partial charge in [0.25, 0.3) is 0 Å². The van der Waals surface area contributed by atoms with E-state index in [9.17, 15) is 0 Å². The third kappa shape index (κ3) is 7.69. The van der Waals surface area contributed by atoms with Gasteiger partial charge in [-0.05, 0) is 31.7 Å². The second-order valence-electron chi connectivity index (χ2n) is 5.46. The fourth-order valence-electron chi connectivity index (χ4n) is 2.30. The maximum Gasteiger partial charge on any atom is 0.191 e. The Morgan fingerprint density at radius 3 is 2.74 bits per heavy atom. The van der Waals surface area contributed by atoms with E-state index in [1.165, 1.54) is 0 Å². The Kier molecular flexibility index (Phi) is 9.85. The topological polar surface area (TPSA) is 48.9 Å². The third-order valence-corrected chi connectivity index (χ3v) is 3.77. The summed E-state index contributed by atoms with van der Waals surface area (Å²) < 4.78 is 5.75. The second kappa shape index (κ2) is 11.1. The van der Waals surface area contributed by atoms with Crippen molar-refractivity contribution < 1.29 is 4.74 Å². The molecule has 130 valence electrons. The summed E-state index contributed by atoms with van der Waals surface area (Å²) in [6.07, 6.45) is 0.207. The van der Waals surface area contributed by atoms with Crippen molar-refractivity contribution in [1.29, 1.82) is 0 Å². The Labute approximate surface area is 160 Å². The summed E-state index contributed by atoms with van der Waals surface area (Å²) in [5.74, 6) is 0.814. The minimum atomic E-state index is 0. The summed E-state index contributed by atoms with van der Waals surface area (Å²) in [5.41, 5.74) is 1.13. The summed E-state index contributed by atoms with van der Waals surface area (Å²) in [7, 11) is 2.12. The van der Waals surface area contributed by atoms with Crippen LogP contribution in [0.2, 0.25) is 5.02 Å². The van der Waals surface area contributed by atoms with E-state index in [1.807, 2.05) is 24.3 Å². The molecular formula is C16H26ClIN4O. The Hall–Kier alpha value is -0.570. The lowest BCUT2D eigenvalue weighted by molar-refractivity contribution is -0.0161. The molecule has 0 amide bonds. The number of ether oxygens (including phenoxy) is 1. The molecule has 1 aromatic carbocycles. The van der Waals surface area contributed by atoms with Gasteiger partial charge in [0.15, 0.2) is 5.96 Å². The number of hydrogen-bond acceptors (Lipinski definition) is 3. The van der Waals surface area contributed by atoms with Gasteiger partial charge in [-0.25, -0.2) is 4.99 Å². The van der Waals surface area contributed by atoms with Crippen molar-refractivity contribution in [2.24, 2.45) is 4.99 Å². The highest BCUT2D eigenvalue weighted by molar-refractivity contribution is 14.0. The van der Waals surface area contributed by atoms with Crippen molar-refractivity contribution in [3.8, 4) is 0 Å². The molecule has 0 bridgehead atoms. The highest BCUT2D eigenvalue weighted by atomic mass is 127. The van der Waals surface area contributed by atoms with Crippen LogP contribution in [0.5, 0.6) is 0 Å². The Morgan fingerprint density at radius 1 is 1.35 bits per heavy atom. The van der Waals surface area contributed by atoms with E-state index in [-0.39, 0.29) is 30.1 Å². The number of hydrogen-bond donors (Lipinski definition) is 2. The minimum Gasteiger partial charge on any atom is -0.374 e. The number of benzene rings is 1. The number of morpholine rings is 1. The molecule has 2 rings (SSSR count). The minimum absolute atomic E-state index is 0. The monoisotopic (exact) mass is 452 g/mol. The molecule has 2 N–H and O–H groups in total. The van der Waals surface area contributed by atoms with Gasteiger partial charge in [-0.1, -0.05) is 23.7 Å². The maximum atomic E-state index is 5.89. The number of aliphatic imine (C=N–C) groups is 1. The molecular weight excluding hydrogens is 427 g/mol. The first-order chi connectivity index (χ1) is 10.7. The SMILES string of the molecule is CCNC(=NCc1ccc(Cl)cc1)NCC1CN(C)CCO1.I. The van der Waals surface area contributed by atoms with Gasteiger partial charge in [-0.3, -0.25) is 0 Å². The first-order valence-electron chi connectivity index (χ1n) is 7.74. The lowest BCUT2D eigenvalue weighted by Gasteiger charge is -2.30. The summed E-state index contributed by atoms with van der Waals surface area (Å²) in [6, 6.07) is 7.76. The van der Waals surface area contributed by atoms with Crippen molar-refractivity contribution in [3.05, 3.63) is 34.9 Å². The van der Waals surface area contributed by atoms with Crippen LogP contribution in [-0.4, -0.2) is 56.8 Å². The van der Waals surface area contributed by atoms with Gasteiger partial charge in [0.1, 0.15) is 0 Å². The van der Waals surface area contributed by atoms with E-state index in [1.54, 1.807) is 0 Å². The maximum absolute atomic E-state index is 5.89. The van der Waals surface area contributed by atoms with Crippen molar-refractivity contribution in [3.63, 3.8) is 0 Å². The first-order valence-corrected chi connectivity index (χ1v) is 8.12. The number of rotatable bonds is 5. The molecule has 0 spiro atoms. The van der Waals surface area contributed by atoms with Crippen molar-refractivity contribution in [2.45, 2.75) is 19.6 Å². The van der Waals surface area contributed by atoms with Crippen molar-refractivity contribution in [2.75, 3.05) is 39.8 Å². The lowest BCUT2D eigenvalue weighted by Crippen LogP contribution is -2.48. The predicted molar refractivity (Wildman–Crippen MR) is 107 cm³/mol. The van der Waals surface area contributed by atoms with Crippen molar-refractivity contribution in [1.82, 2.24) is 15.5 Å². The normalized spacial score (nSPS) is 19.1. The first kappa shape index (κ1) is 20.5. The Morgan fingerprint density at radius 2 is 2.09 bits per heavy atom. The van der Waals surface area contributed by atoms with Gasteiger partial charge in [0.05, 0.1) is 19.3 Å². The largest absolute Gasteiger partial charge is 0.374 e. The van der Waals surface area contributed by atoms with Crippen LogP contribution in [0.1, 0.15) is 12.5 Å². The van der Waals surface area contributed by atoms with Crippen LogP contribution < -0.4 is 10.6 Å². The standard InChI is InChI=1S/C16H25ClN4O.HI/c1-3-18-16(19-10-13-4-6-14(17)7-5-13)20-11-15-12-21(2)8-9-22-15;/h4-7,15H,3,8-12H2,1-2H3,(H2,18,19,20);1H. The van der Waals surface area contributed by atoms with Crippen LogP contribution in [0.3, 0.4) is 0 Å². The van der Waals surface area contributed by atoms with Crippen LogP contribution in [-0.2, 0) is 11.3 Å². The van der Waals surface area contributed by atoms with Crippen LogP contribution in [0, 0.1) is 0 Å². The van der Waals surface area contributed by atoms with Gasteiger partial charge in [-0.2, -0.15) is 0 Å². The molecule has 1 saturated heterocycles. The average Bonchev–Trinajstić information content (AvgIpc) is 2.52. The number of halogens is 2. The van der Waals surface area contributed by atoms with Gasteiger partial charge in [0, 0.05) is 31.2 Å². The molecule has 5 nitrogen and oxygen atoms in total. The molecule has 1 aliphatic rings. The van der Waals surface area contributed by atoms with E-state index in [2.05, 4.69) is 34.5 Å². The molecule has 1 unspecified atom stereocenters. The van der Waals surface area contributed by atoms with E-state index in [0.717, 1.165) is 49.3 Å². The summed E-state index contributed by atoms with van der Waals surface area (Å²) in [4.78, 5) is 6.88. The number of nitrogens with one attached hydrogen (secondary N) is 2. The highest BCUT2D eigenvalue weighted by Crippen LogP contribution is 2.10. The molecule has 23 heavy (non-hydrogen) atoms. The highest BCUT2D eigenvalue weighted by Gasteiger charge is 2.17. The van der Waals surface area contributed by atoms with Crippen LogP contribution >= 0.6 is 35.6 Å². The van der Waals surface area contributed by atoms with Gasteiger partial charge < -0.3 is 20.3 Å². The summed E-state index contributed by atoms with van der Waals surface area (Å²) >= 11 is 5.89. The zero-order valence-corrected chi connectivity index (χ0v) is 16.8. The van der Waals surface area contributed by atoms with Gasteiger partial charge in [0.2, 0.25) is 0 Å². The molecule has 0 aliphatic carbocycles. The van der Waals surface area contributed by atoms with E-state index >= 15 is 0 Å². The van der Waals surface area contributed by atoms with Crippen molar-refractivity contribution >= 4 is 41.5 Å². The zero-order chi connectivity index (χ0) is 15.8. The molecule has 1 aromatic rings. The third-order valence-electron chi connectivity index (χ3n) is 3.52. The Balaban J connectivity index is 0.00000264. The molecule has 1 fully saturated rings. The van der Waals surface area contributed by atoms with E-state index in [0.29, 0.717) is 6.54 Å². The van der Waals surface area contributed by atoms with Gasteiger partial charge >= 0.3 is 0 Å². The molecule has 0 radical (unpaired) electrons. The molecule has 0 saturated carbocycles. The van der Waals surface area contributed by atoms with Gasteiger partial charge in [-0.15, -0.1) is 24.0 Å². The number of guanidine groups is 1. The fraction of sp³-hybridized carbons (Fsp3) is 0.562. The Bertz CT molecular complexity index is 483. The predicted octanol–water partition coefficient (Wildman–Crippen LogP) is 2.34. The molecule has 0 aromatic heterocycles. The van der Waals surface area contributed by atoms with E-state index < -0.39 is 0 Å². The summed E-state index contributed by atoms with van der Waals surface area (Å²) in [5, 5.41) is 7.36. The second-order valence-corrected chi connectivity index (χ2v) is 5.89. The number of likely N-dealkylation sites (N-methyl/N-ethyl adjacent to an activating group) is 1. The average molecular weight is 453 g/mol. The fourth-order valence-corrected chi connectivity index (χ4v) is 2.43. The molecule has 1 aliphatic heterocycles. The van der Waals surface area contributed by atoms with Crippen LogP contribution in [0.15, 0.2) is 29.3 Å².